The lowest BCUT2D eigenvalue weighted by atomic mass is 10.2. The highest BCUT2D eigenvalue weighted by atomic mass is 16.7. The molecule has 0 aliphatic heterocycles. The molecule has 124 valence electrons. The van der Waals surface area contributed by atoms with Crippen molar-refractivity contribution in [2.24, 2.45) is 0 Å². The zero-order chi connectivity index (χ0) is 16.4. The van der Waals surface area contributed by atoms with Crippen LogP contribution in [0.4, 0.5) is 10.5 Å². The summed E-state index contributed by atoms with van der Waals surface area (Å²) in [6.45, 7) is 4.99. The van der Waals surface area contributed by atoms with Gasteiger partial charge in [0.25, 0.3) is 0 Å². The summed E-state index contributed by atoms with van der Waals surface area (Å²) in [6, 6.07) is 4.86. The van der Waals surface area contributed by atoms with E-state index in [0.717, 1.165) is 0 Å². The molecule has 0 radical (unpaired) electrons. The van der Waals surface area contributed by atoms with Gasteiger partial charge >= 0.3 is 6.03 Å². The molecule has 0 aliphatic carbocycles. The van der Waals surface area contributed by atoms with Crippen LogP contribution >= 0.6 is 0 Å². The molecule has 0 saturated carbocycles. The van der Waals surface area contributed by atoms with Gasteiger partial charge in [-0.3, -0.25) is 0 Å². The SMILES string of the molecule is CCOC(CNC(=O)Nc1c(OC)cccc1OC)OCC. The normalized spacial score (nSPS) is 10.4. The molecular formula is C15H24N2O5. The third kappa shape index (κ3) is 5.42. The Hall–Kier alpha value is -1.99. The maximum absolute atomic E-state index is 12.0. The van der Waals surface area contributed by atoms with Gasteiger partial charge in [-0.1, -0.05) is 6.07 Å². The smallest absolute Gasteiger partial charge is 0.319 e. The standard InChI is InChI=1S/C15H24N2O5/c1-5-21-13(22-6-2)10-16-15(18)17-14-11(19-3)8-7-9-12(14)20-4/h7-9,13H,5-6,10H2,1-4H3,(H2,16,17,18). The van der Waals surface area contributed by atoms with Crippen molar-refractivity contribution in [3.05, 3.63) is 18.2 Å². The van der Waals surface area contributed by atoms with Crippen LogP contribution in [0, 0.1) is 0 Å². The Morgan fingerprint density at radius 1 is 1.09 bits per heavy atom. The summed E-state index contributed by atoms with van der Waals surface area (Å²) in [5.74, 6) is 1.03. The first-order valence-corrected chi connectivity index (χ1v) is 7.15. The first kappa shape index (κ1) is 18.1. The fraction of sp³-hybridized carbons (Fsp3) is 0.533. The number of hydrogen-bond donors (Lipinski definition) is 2. The van der Waals surface area contributed by atoms with E-state index in [-0.39, 0.29) is 6.54 Å². The highest BCUT2D eigenvalue weighted by Crippen LogP contribution is 2.33. The molecule has 7 nitrogen and oxygen atoms in total. The van der Waals surface area contributed by atoms with Gasteiger partial charge in [-0.2, -0.15) is 0 Å². The van der Waals surface area contributed by atoms with Crippen molar-refractivity contribution in [1.82, 2.24) is 5.32 Å². The lowest BCUT2D eigenvalue weighted by molar-refractivity contribution is -0.131. The van der Waals surface area contributed by atoms with E-state index in [2.05, 4.69) is 10.6 Å². The van der Waals surface area contributed by atoms with Gasteiger partial charge in [0.05, 0.1) is 20.8 Å². The number of ether oxygens (including phenoxy) is 4. The van der Waals surface area contributed by atoms with Crippen molar-refractivity contribution in [2.45, 2.75) is 20.1 Å². The molecule has 0 unspecified atom stereocenters. The van der Waals surface area contributed by atoms with Crippen molar-refractivity contribution in [3.8, 4) is 11.5 Å². The van der Waals surface area contributed by atoms with Gasteiger partial charge < -0.3 is 29.6 Å². The van der Waals surface area contributed by atoms with E-state index in [0.29, 0.717) is 30.4 Å². The van der Waals surface area contributed by atoms with E-state index in [9.17, 15) is 4.79 Å². The molecule has 0 fully saturated rings. The third-order valence-corrected chi connectivity index (χ3v) is 2.80. The second-order valence-electron chi connectivity index (χ2n) is 4.21. The third-order valence-electron chi connectivity index (χ3n) is 2.80. The molecule has 1 aromatic rings. The maximum atomic E-state index is 12.0. The van der Waals surface area contributed by atoms with E-state index in [1.54, 1.807) is 18.2 Å². The van der Waals surface area contributed by atoms with Gasteiger partial charge in [-0.15, -0.1) is 0 Å². The van der Waals surface area contributed by atoms with Crippen LogP contribution < -0.4 is 20.1 Å². The van der Waals surface area contributed by atoms with Crippen LogP contribution in [-0.4, -0.2) is 46.3 Å². The number of hydrogen-bond acceptors (Lipinski definition) is 5. The first-order valence-electron chi connectivity index (χ1n) is 7.15. The summed E-state index contributed by atoms with van der Waals surface area (Å²) in [4.78, 5) is 12.0. The second-order valence-corrected chi connectivity index (χ2v) is 4.21. The number of carbonyl (C=O) groups is 1. The van der Waals surface area contributed by atoms with Gasteiger partial charge in [0, 0.05) is 13.2 Å². The monoisotopic (exact) mass is 312 g/mol. The van der Waals surface area contributed by atoms with Gasteiger partial charge in [-0.05, 0) is 26.0 Å². The number of benzene rings is 1. The van der Waals surface area contributed by atoms with Gasteiger partial charge in [0.15, 0.2) is 6.29 Å². The lowest BCUT2D eigenvalue weighted by Gasteiger charge is -2.18. The van der Waals surface area contributed by atoms with Gasteiger partial charge in [0.2, 0.25) is 0 Å². The van der Waals surface area contributed by atoms with Crippen molar-refractivity contribution < 1.29 is 23.7 Å². The zero-order valence-electron chi connectivity index (χ0n) is 13.5. The molecule has 0 spiro atoms. The van der Waals surface area contributed by atoms with Gasteiger partial charge in [-0.25, -0.2) is 4.79 Å². The molecule has 0 aromatic heterocycles. The Morgan fingerprint density at radius 2 is 1.64 bits per heavy atom. The molecule has 1 aromatic carbocycles. The summed E-state index contributed by atoms with van der Waals surface area (Å²) in [5.41, 5.74) is 0.467. The average Bonchev–Trinajstić information content (AvgIpc) is 2.53. The average molecular weight is 312 g/mol. The van der Waals surface area contributed by atoms with Crippen LogP contribution in [0.1, 0.15) is 13.8 Å². The van der Waals surface area contributed by atoms with Crippen LogP contribution in [-0.2, 0) is 9.47 Å². The van der Waals surface area contributed by atoms with Crippen molar-refractivity contribution in [1.29, 1.82) is 0 Å². The Morgan fingerprint density at radius 3 is 2.09 bits per heavy atom. The molecule has 1 rings (SSSR count). The predicted octanol–water partition coefficient (Wildman–Crippen LogP) is 2.22. The van der Waals surface area contributed by atoms with Crippen LogP contribution in [0.15, 0.2) is 18.2 Å². The molecule has 2 N–H and O–H groups in total. The van der Waals surface area contributed by atoms with Crippen molar-refractivity contribution >= 4 is 11.7 Å². The number of carbonyl (C=O) groups excluding carboxylic acids is 1. The minimum absolute atomic E-state index is 0.241. The van der Waals surface area contributed by atoms with Crippen LogP contribution in [0.25, 0.3) is 0 Å². The molecule has 2 amide bonds. The number of para-hydroxylation sites is 1. The number of rotatable bonds is 9. The van der Waals surface area contributed by atoms with Gasteiger partial charge in [0.1, 0.15) is 17.2 Å². The van der Waals surface area contributed by atoms with E-state index < -0.39 is 12.3 Å². The summed E-state index contributed by atoms with van der Waals surface area (Å²) < 4.78 is 21.2. The summed E-state index contributed by atoms with van der Waals surface area (Å²) in [6.07, 6.45) is -0.472. The Bertz CT molecular complexity index is 439. The summed E-state index contributed by atoms with van der Waals surface area (Å²) >= 11 is 0. The van der Waals surface area contributed by atoms with Crippen LogP contribution in [0.3, 0.4) is 0 Å². The van der Waals surface area contributed by atoms with Crippen molar-refractivity contribution in [2.75, 3.05) is 39.3 Å². The van der Waals surface area contributed by atoms with Crippen LogP contribution in [0.5, 0.6) is 11.5 Å². The minimum atomic E-state index is -0.472. The number of anilines is 1. The molecule has 0 heterocycles. The van der Waals surface area contributed by atoms with Crippen molar-refractivity contribution in [3.63, 3.8) is 0 Å². The number of nitrogens with one attached hydrogen (secondary N) is 2. The molecule has 7 heteroatoms. The number of amides is 2. The highest BCUT2D eigenvalue weighted by Gasteiger charge is 2.14. The number of urea groups is 1. The van der Waals surface area contributed by atoms with Crippen LogP contribution in [0.2, 0.25) is 0 Å². The molecule has 22 heavy (non-hydrogen) atoms. The Labute approximate surface area is 130 Å². The quantitative estimate of drug-likeness (QED) is 0.684. The number of methoxy groups -OCH3 is 2. The highest BCUT2D eigenvalue weighted by molar-refractivity contribution is 5.92. The zero-order valence-corrected chi connectivity index (χ0v) is 13.5. The molecule has 0 saturated heterocycles. The van der Waals surface area contributed by atoms with E-state index in [1.165, 1.54) is 14.2 Å². The second kappa shape index (κ2) is 9.86. The van der Waals surface area contributed by atoms with E-state index in [1.807, 2.05) is 13.8 Å². The lowest BCUT2D eigenvalue weighted by Crippen LogP contribution is -2.37. The largest absolute Gasteiger partial charge is 0.494 e. The fourth-order valence-corrected chi connectivity index (χ4v) is 1.85. The van der Waals surface area contributed by atoms with E-state index in [4.69, 9.17) is 18.9 Å². The topological polar surface area (TPSA) is 78.1 Å². The summed E-state index contributed by atoms with van der Waals surface area (Å²) in [5, 5.41) is 5.40. The first-order chi connectivity index (χ1) is 10.7. The Balaban J connectivity index is 2.65. The molecule has 0 bridgehead atoms. The summed E-state index contributed by atoms with van der Waals surface area (Å²) in [7, 11) is 3.05. The minimum Gasteiger partial charge on any atom is -0.494 e. The van der Waals surface area contributed by atoms with E-state index >= 15 is 0 Å². The fourth-order valence-electron chi connectivity index (χ4n) is 1.85. The molecule has 0 atom stereocenters. The Kier molecular flexibility index (Phi) is 8.09. The molecule has 0 aliphatic rings. The maximum Gasteiger partial charge on any atom is 0.319 e. The predicted molar refractivity (Wildman–Crippen MR) is 83.6 cm³/mol. The molecular weight excluding hydrogens is 288 g/mol.